The summed E-state index contributed by atoms with van der Waals surface area (Å²) in [5.74, 6) is 0.225. The molecular formula is C16H16Cl2N4O. The fourth-order valence-corrected chi connectivity index (χ4v) is 3.01. The molecule has 1 amide bonds. The highest BCUT2D eigenvalue weighted by Crippen LogP contribution is 2.30. The van der Waals surface area contributed by atoms with Gasteiger partial charge in [0.25, 0.3) is 5.91 Å². The predicted molar refractivity (Wildman–Crippen MR) is 92.5 cm³/mol. The normalized spacial score (nSPS) is 14.6. The fourth-order valence-electron chi connectivity index (χ4n) is 2.52. The van der Waals surface area contributed by atoms with E-state index in [1.165, 1.54) is 6.42 Å². The molecule has 0 spiro atoms. The van der Waals surface area contributed by atoms with Crippen molar-refractivity contribution in [3.63, 3.8) is 0 Å². The van der Waals surface area contributed by atoms with E-state index in [0.717, 1.165) is 25.9 Å². The number of benzene rings is 1. The number of piperidine rings is 1. The summed E-state index contributed by atoms with van der Waals surface area (Å²) in [6.45, 7) is 1.84. The molecule has 1 aliphatic rings. The van der Waals surface area contributed by atoms with Crippen LogP contribution in [-0.2, 0) is 0 Å². The van der Waals surface area contributed by atoms with Crippen molar-refractivity contribution >= 4 is 40.7 Å². The number of nitrogens with zero attached hydrogens (tertiary/aromatic N) is 3. The SMILES string of the molecule is O=C(Nc1c(Cl)cccc1Cl)c1ccnc(N2CCCCC2)n1. The summed E-state index contributed by atoms with van der Waals surface area (Å²) >= 11 is 12.1. The van der Waals surface area contributed by atoms with Gasteiger partial charge in [0.1, 0.15) is 5.69 Å². The molecule has 7 heteroatoms. The van der Waals surface area contributed by atoms with Gasteiger partial charge in [-0.2, -0.15) is 0 Å². The van der Waals surface area contributed by atoms with Crippen LogP contribution in [0.15, 0.2) is 30.5 Å². The number of aromatic nitrogens is 2. The van der Waals surface area contributed by atoms with Crippen LogP contribution in [0.4, 0.5) is 11.6 Å². The molecule has 0 aliphatic carbocycles. The molecule has 5 nitrogen and oxygen atoms in total. The molecule has 2 heterocycles. The topological polar surface area (TPSA) is 58.1 Å². The van der Waals surface area contributed by atoms with E-state index >= 15 is 0 Å². The third-order valence-corrected chi connectivity index (χ3v) is 4.35. The maximum atomic E-state index is 12.4. The molecule has 1 saturated heterocycles. The Kier molecular flexibility index (Phi) is 4.98. The van der Waals surface area contributed by atoms with Crippen LogP contribution in [0.1, 0.15) is 29.8 Å². The van der Waals surface area contributed by atoms with Crippen LogP contribution in [0, 0.1) is 0 Å². The second-order valence-electron chi connectivity index (χ2n) is 5.34. The average Bonchev–Trinajstić information content (AvgIpc) is 2.59. The summed E-state index contributed by atoms with van der Waals surface area (Å²) in [5, 5.41) is 3.48. The highest BCUT2D eigenvalue weighted by atomic mass is 35.5. The number of nitrogens with one attached hydrogen (secondary N) is 1. The zero-order valence-electron chi connectivity index (χ0n) is 12.4. The molecule has 3 rings (SSSR count). The Morgan fingerprint density at radius 2 is 1.78 bits per heavy atom. The van der Waals surface area contributed by atoms with Gasteiger partial charge in [-0.15, -0.1) is 0 Å². The van der Waals surface area contributed by atoms with Crippen LogP contribution in [-0.4, -0.2) is 29.0 Å². The van der Waals surface area contributed by atoms with Gasteiger partial charge in [0.05, 0.1) is 15.7 Å². The number of halogens is 2. The predicted octanol–water partition coefficient (Wildman–Crippen LogP) is 4.03. The van der Waals surface area contributed by atoms with Gasteiger partial charge in [0.2, 0.25) is 5.95 Å². The third kappa shape index (κ3) is 3.74. The Balaban J connectivity index is 1.80. The number of para-hydroxylation sites is 1. The monoisotopic (exact) mass is 350 g/mol. The lowest BCUT2D eigenvalue weighted by Crippen LogP contribution is -2.31. The van der Waals surface area contributed by atoms with Crippen molar-refractivity contribution in [2.75, 3.05) is 23.3 Å². The lowest BCUT2D eigenvalue weighted by Gasteiger charge is -2.26. The molecule has 0 atom stereocenters. The first kappa shape index (κ1) is 16.0. The van der Waals surface area contributed by atoms with Crippen LogP contribution in [0.3, 0.4) is 0 Å². The lowest BCUT2D eigenvalue weighted by atomic mass is 10.1. The number of rotatable bonds is 3. The Morgan fingerprint density at radius 3 is 2.48 bits per heavy atom. The molecular weight excluding hydrogens is 335 g/mol. The third-order valence-electron chi connectivity index (χ3n) is 3.72. The van der Waals surface area contributed by atoms with Gasteiger partial charge in [0.15, 0.2) is 0 Å². The van der Waals surface area contributed by atoms with Crippen LogP contribution < -0.4 is 10.2 Å². The summed E-state index contributed by atoms with van der Waals surface area (Å²) in [6, 6.07) is 6.64. The first-order chi connectivity index (χ1) is 11.1. The highest BCUT2D eigenvalue weighted by Gasteiger charge is 2.17. The second kappa shape index (κ2) is 7.15. The molecule has 1 aromatic carbocycles. The average molecular weight is 351 g/mol. The zero-order valence-corrected chi connectivity index (χ0v) is 13.9. The molecule has 1 fully saturated rings. The quantitative estimate of drug-likeness (QED) is 0.907. The van der Waals surface area contributed by atoms with E-state index in [1.807, 2.05) is 0 Å². The summed E-state index contributed by atoms with van der Waals surface area (Å²) in [7, 11) is 0. The first-order valence-corrected chi connectivity index (χ1v) is 8.24. The summed E-state index contributed by atoms with van der Waals surface area (Å²) in [6.07, 6.45) is 5.06. The van der Waals surface area contributed by atoms with E-state index in [-0.39, 0.29) is 11.6 Å². The van der Waals surface area contributed by atoms with Crippen molar-refractivity contribution < 1.29 is 4.79 Å². The van der Waals surface area contributed by atoms with Crippen molar-refractivity contribution in [3.8, 4) is 0 Å². The Bertz CT molecular complexity index is 697. The van der Waals surface area contributed by atoms with E-state index in [2.05, 4.69) is 20.2 Å². The van der Waals surface area contributed by atoms with Crippen LogP contribution >= 0.6 is 23.2 Å². The number of amides is 1. The molecule has 0 bridgehead atoms. The zero-order chi connectivity index (χ0) is 16.2. The van der Waals surface area contributed by atoms with Crippen molar-refractivity contribution in [1.82, 2.24) is 9.97 Å². The molecule has 23 heavy (non-hydrogen) atoms. The maximum absolute atomic E-state index is 12.4. The Labute approximate surface area is 144 Å². The Hall–Kier alpha value is -1.85. The fraction of sp³-hybridized carbons (Fsp3) is 0.312. The van der Waals surface area contributed by atoms with E-state index in [1.54, 1.807) is 30.5 Å². The number of hydrogen-bond donors (Lipinski definition) is 1. The minimum absolute atomic E-state index is 0.288. The molecule has 0 radical (unpaired) electrons. The summed E-state index contributed by atoms with van der Waals surface area (Å²) < 4.78 is 0. The van der Waals surface area contributed by atoms with E-state index < -0.39 is 0 Å². The lowest BCUT2D eigenvalue weighted by molar-refractivity contribution is 0.102. The second-order valence-corrected chi connectivity index (χ2v) is 6.15. The number of carbonyl (C=O) groups is 1. The van der Waals surface area contributed by atoms with Gasteiger partial charge >= 0.3 is 0 Å². The van der Waals surface area contributed by atoms with E-state index in [9.17, 15) is 4.79 Å². The number of anilines is 2. The largest absolute Gasteiger partial charge is 0.341 e. The van der Waals surface area contributed by atoms with Gasteiger partial charge in [-0.1, -0.05) is 29.3 Å². The summed E-state index contributed by atoms with van der Waals surface area (Å²) in [5.41, 5.74) is 0.676. The first-order valence-electron chi connectivity index (χ1n) is 7.48. The highest BCUT2D eigenvalue weighted by molar-refractivity contribution is 6.39. The Morgan fingerprint density at radius 1 is 1.09 bits per heavy atom. The van der Waals surface area contributed by atoms with Crippen molar-refractivity contribution in [3.05, 3.63) is 46.2 Å². The number of carbonyl (C=O) groups excluding carboxylic acids is 1. The number of hydrogen-bond acceptors (Lipinski definition) is 4. The van der Waals surface area contributed by atoms with Gasteiger partial charge in [-0.3, -0.25) is 4.79 Å². The molecule has 0 unspecified atom stereocenters. The van der Waals surface area contributed by atoms with Gasteiger partial charge in [-0.25, -0.2) is 9.97 Å². The minimum Gasteiger partial charge on any atom is -0.341 e. The van der Waals surface area contributed by atoms with Crippen LogP contribution in [0.25, 0.3) is 0 Å². The van der Waals surface area contributed by atoms with Crippen molar-refractivity contribution in [1.29, 1.82) is 0 Å². The van der Waals surface area contributed by atoms with Crippen LogP contribution in [0.5, 0.6) is 0 Å². The van der Waals surface area contributed by atoms with E-state index in [4.69, 9.17) is 23.2 Å². The summed E-state index contributed by atoms with van der Waals surface area (Å²) in [4.78, 5) is 23.2. The molecule has 1 aliphatic heterocycles. The van der Waals surface area contributed by atoms with Gasteiger partial charge in [-0.05, 0) is 37.5 Å². The molecule has 1 N–H and O–H groups in total. The molecule has 1 aromatic heterocycles. The van der Waals surface area contributed by atoms with Gasteiger partial charge < -0.3 is 10.2 Å². The minimum atomic E-state index is -0.361. The maximum Gasteiger partial charge on any atom is 0.274 e. The molecule has 120 valence electrons. The van der Waals surface area contributed by atoms with Crippen molar-refractivity contribution in [2.45, 2.75) is 19.3 Å². The molecule has 2 aromatic rings. The van der Waals surface area contributed by atoms with Crippen molar-refractivity contribution in [2.24, 2.45) is 0 Å². The smallest absolute Gasteiger partial charge is 0.274 e. The van der Waals surface area contributed by atoms with Gasteiger partial charge in [0, 0.05) is 19.3 Å². The van der Waals surface area contributed by atoms with Crippen LogP contribution in [0.2, 0.25) is 10.0 Å². The molecule has 0 saturated carbocycles. The standard InChI is InChI=1S/C16H16Cl2N4O/c17-11-5-4-6-12(18)14(11)21-15(23)13-7-8-19-16(20-13)22-9-2-1-3-10-22/h4-8H,1-3,9-10H2,(H,21,23). The van der Waals surface area contributed by atoms with E-state index in [0.29, 0.717) is 21.7 Å².